The molecule has 0 aliphatic carbocycles. The number of urea groups is 2. The molecule has 2 atom stereocenters. The first-order valence-corrected chi connectivity index (χ1v) is 7.64. The summed E-state index contributed by atoms with van der Waals surface area (Å²) in [6.07, 6.45) is -1.21. The lowest BCUT2D eigenvalue weighted by Gasteiger charge is -2.22. The Balaban J connectivity index is 2.60. The summed E-state index contributed by atoms with van der Waals surface area (Å²) in [7, 11) is 0. The molecule has 0 saturated heterocycles. The first-order chi connectivity index (χ1) is 11.7. The van der Waals surface area contributed by atoms with E-state index in [2.05, 4.69) is 10.6 Å². The molecule has 0 radical (unpaired) electrons. The van der Waals surface area contributed by atoms with E-state index in [0.29, 0.717) is 5.69 Å². The fourth-order valence-corrected chi connectivity index (χ4v) is 1.86. The minimum atomic E-state index is -1.21. The van der Waals surface area contributed by atoms with Gasteiger partial charge in [-0.25, -0.2) is 14.4 Å². The largest absolute Gasteiger partial charge is 0.450 e. The Hall–Kier alpha value is -3.10. The zero-order valence-corrected chi connectivity index (χ0v) is 14.2. The molecule has 25 heavy (non-hydrogen) atoms. The molecular weight excluding hydrogens is 328 g/mol. The minimum Gasteiger partial charge on any atom is -0.450 e. The highest BCUT2D eigenvalue weighted by atomic mass is 16.5. The van der Waals surface area contributed by atoms with Gasteiger partial charge in [0.1, 0.15) is 6.04 Å². The van der Waals surface area contributed by atoms with Crippen LogP contribution in [0.1, 0.15) is 20.8 Å². The molecule has 0 aromatic heterocycles. The Kier molecular flexibility index (Phi) is 7.39. The third-order valence-corrected chi connectivity index (χ3v) is 3.09. The maximum Gasteiger partial charge on any atom is 0.329 e. The van der Waals surface area contributed by atoms with Gasteiger partial charge in [0.25, 0.3) is 5.91 Å². The van der Waals surface area contributed by atoms with Gasteiger partial charge in [0.15, 0.2) is 6.10 Å². The van der Waals surface area contributed by atoms with Crippen LogP contribution in [-0.2, 0) is 14.3 Å². The van der Waals surface area contributed by atoms with E-state index < -0.39 is 42.0 Å². The van der Waals surface area contributed by atoms with Gasteiger partial charge in [-0.1, -0.05) is 32.0 Å². The van der Waals surface area contributed by atoms with E-state index in [1.165, 1.54) is 6.92 Å². The van der Waals surface area contributed by atoms with Crippen molar-refractivity contribution < 1.29 is 23.9 Å². The van der Waals surface area contributed by atoms with Gasteiger partial charge < -0.3 is 21.1 Å². The fourth-order valence-electron chi connectivity index (χ4n) is 1.86. The van der Waals surface area contributed by atoms with Crippen molar-refractivity contribution >= 4 is 29.6 Å². The fraction of sp³-hybridized carbons (Fsp3) is 0.375. The smallest absolute Gasteiger partial charge is 0.329 e. The lowest BCUT2D eigenvalue weighted by Crippen LogP contribution is -2.48. The maximum absolute atomic E-state index is 12.1. The van der Waals surface area contributed by atoms with E-state index in [1.54, 1.807) is 44.2 Å². The van der Waals surface area contributed by atoms with Crippen molar-refractivity contribution in [1.29, 1.82) is 0 Å². The molecule has 0 spiro atoms. The number of rotatable bonds is 6. The Labute approximate surface area is 145 Å². The molecule has 0 saturated carbocycles. The van der Waals surface area contributed by atoms with Crippen molar-refractivity contribution in [3.8, 4) is 0 Å². The molecule has 136 valence electrons. The Bertz CT molecular complexity index is 633. The number of esters is 1. The molecule has 0 aliphatic rings. The Morgan fingerprint density at radius 3 is 2.16 bits per heavy atom. The number of nitrogens with two attached hydrogens (primary N) is 1. The summed E-state index contributed by atoms with van der Waals surface area (Å²) >= 11 is 0. The summed E-state index contributed by atoms with van der Waals surface area (Å²) in [5, 5.41) is 6.82. The molecule has 1 aromatic rings. The number of hydrogen-bond donors (Lipinski definition) is 4. The quantitative estimate of drug-likeness (QED) is 0.566. The molecular formula is C16H22N4O5. The number of para-hydroxylation sites is 1. The number of carbonyl (C=O) groups excluding carboxylic acids is 4. The number of amides is 5. The second-order valence-electron chi connectivity index (χ2n) is 5.64. The summed E-state index contributed by atoms with van der Waals surface area (Å²) in [6, 6.07) is 6.02. The summed E-state index contributed by atoms with van der Waals surface area (Å²) in [5.41, 5.74) is 5.44. The van der Waals surface area contributed by atoms with E-state index in [1.807, 2.05) is 5.32 Å². The van der Waals surface area contributed by atoms with Crippen LogP contribution in [0.5, 0.6) is 0 Å². The second-order valence-corrected chi connectivity index (χ2v) is 5.64. The molecule has 0 fully saturated rings. The monoisotopic (exact) mass is 350 g/mol. The van der Waals surface area contributed by atoms with Gasteiger partial charge in [0, 0.05) is 5.69 Å². The maximum atomic E-state index is 12.1. The SMILES string of the molecule is CC(C)[C@@H](OC(=O)[C@H](C)NC(=O)Nc1ccccc1)C(=O)NC(N)=O. The Morgan fingerprint density at radius 2 is 1.64 bits per heavy atom. The standard InChI is InChI=1S/C16H22N4O5/c1-9(2)12(13(21)20-15(17)23)25-14(22)10(3)18-16(24)19-11-7-5-4-6-8-11/h4-10,12H,1-3H3,(H2,18,19,24)(H3,17,20,21,23)/t10-,12+/m0/s1. The average Bonchev–Trinajstić information content (AvgIpc) is 2.51. The van der Waals surface area contributed by atoms with Crippen molar-refractivity contribution in [2.45, 2.75) is 32.9 Å². The van der Waals surface area contributed by atoms with Gasteiger partial charge in [0.05, 0.1) is 0 Å². The van der Waals surface area contributed by atoms with E-state index in [4.69, 9.17) is 10.5 Å². The van der Waals surface area contributed by atoms with Gasteiger partial charge in [0.2, 0.25) is 0 Å². The molecule has 9 heteroatoms. The molecule has 0 bridgehead atoms. The minimum absolute atomic E-state index is 0.395. The van der Waals surface area contributed by atoms with Crippen molar-refractivity contribution in [3.05, 3.63) is 30.3 Å². The lowest BCUT2D eigenvalue weighted by molar-refractivity contribution is -0.159. The number of ether oxygens (including phenoxy) is 1. The first-order valence-electron chi connectivity index (χ1n) is 7.64. The van der Waals surface area contributed by atoms with Crippen molar-refractivity contribution in [2.75, 3.05) is 5.32 Å². The molecule has 5 amide bonds. The number of anilines is 1. The number of hydrogen-bond acceptors (Lipinski definition) is 5. The lowest BCUT2D eigenvalue weighted by atomic mass is 10.1. The van der Waals surface area contributed by atoms with Crippen molar-refractivity contribution in [1.82, 2.24) is 10.6 Å². The summed E-state index contributed by atoms with van der Waals surface area (Å²) in [6.45, 7) is 4.69. The van der Waals surface area contributed by atoms with Crippen LogP contribution in [0.4, 0.5) is 15.3 Å². The summed E-state index contributed by atoms with van der Waals surface area (Å²) in [4.78, 5) is 46.5. The van der Waals surface area contributed by atoms with Crippen molar-refractivity contribution in [2.24, 2.45) is 11.7 Å². The van der Waals surface area contributed by atoms with Gasteiger partial charge in [-0.15, -0.1) is 0 Å². The van der Waals surface area contributed by atoms with Crippen LogP contribution in [0.25, 0.3) is 0 Å². The molecule has 0 unspecified atom stereocenters. The zero-order valence-electron chi connectivity index (χ0n) is 14.2. The van der Waals surface area contributed by atoms with Crippen LogP contribution < -0.4 is 21.7 Å². The van der Waals surface area contributed by atoms with Crippen LogP contribution in [0.2, 0.25) is 0 Å². The molecule has 5 N–H and O–H groups in total. The predicted octanol–water partition coefficient (Wildman–Crippen LogP) is 0.959. The van der Waals surface area contributed by atoms with Gasteiger partial charge >= 0.3 is 18.0 Å². The number of carbonyl (C=O) groups is 4. The number of primary amides is 1. The van der Waals surface area contributed by atoms with E-state index in [0.717, 1.165) is 0 Å². The van der Waals surface area contributed by atoms with E-state index in [-0.39, 0.29) is 0 Å². The highest BCUT2D eigenvalue weighted by molar-refractivity contribution is 5.97. The topological polar surface area (TPSA) is 140 Å². The molecule has 0 aliphatic heterocycles. The average molecular weight is 350 g/mol. The van der Waals surface area contributed by atoms with Crippen LogP contribution in [0, 0.1) is 5.92 Å². The van der Waals surface area contributed by atoms with Gasteiger partial charge in [-0.05, 0) is 25.0 Å². The van der Waals surface area contributed by atoms with E-state index >= 15 is 0 Å². The zero-order chi connectivity index (χ0) is 19.0. The van der Waals surface area contributed by atoms with Crippen LogP contribution >= 0.6 is 0 Å². The highest BCUT2D eigenvalue weighted by Crippen LogP contribution is 2.09. The number of imide groups is 1. The normalized spacial score (nSPS) is 12.6. The van der Waals surface area contributed by atoms with E-state index in [9.17, 15) is 19.2 Å². The number of benzene rings is 1. The van der Waals surface area contributed by atoms with Gasteiger partial charge in [-0.2, -0.15) is 0 Å². The summed E-state index contributed by atoms with van der Waals surface area (Å²) in [5.74, 6) is -2.04. The molecule has 0 heterocycles. The summed E-state index contributed by atoms with van der Waals surface area (Å²) < 4.78 is 5.09. The van der Waals surface area contributed by atoms with Crippen molar-refractivity contribution in [3.63, 3.8) is 0 Å². The Morgan fingerprint density at radius 1 is 1.04 bits per heavy atom. The molecule has 1 aromatic carbocycles. The predicted molar refractivity (Wildman–Crippen MR) is 90.5 cm³/mol. The van der Waals surface area contributed by atoms with Crippen LogP contribution in [0.3, 0.4) is 0 Å². The van der Waals surface area contributed by atoms with Gasteiger partial charge in [-0.3, -0.25) is 10.1 Å². The first kappa shape index (κ1) is 19.9. The third-order valence-electron chi connectivity index (χ3n) is 3.09. The van der Waals surface area contributed by atoms with Crippen LogP contribution in [0.15, 0.2) is 30.3 Å². The highest BCUT2D eigenvalue weighted by Gasteiger charge is 2.29. The second kappa shape index (κ2) is 9.26. The van der Waals surface area contributed by atoms with Crippen LogP contribution in [-0.4, -0.2) is 36.1 Å². The number of nitrogens with one attached hydrogen (secondary N) is 3. The molecule has 1 rings (SSSR count). The third kappa shape index (κ3) is 6.90. The molecule has 9 nitrogen and oxygen atoms in total.